The normalized spacial score (nSPS) is 24.2. The van der Waals surface area contributed by atoms with Gasteiger partial charge in [-0.05, 0) is 131 Å². The molecule has 248 valence electrons. The molecule has 0 amide bonds. The summed E-state index contributed by atoms with van der Waals surface area (Å²) >= 11 is 0. The van der Waals surface area contributed by atoms with Gasteiger partial charge in [-0.1, -0.05) is 103 Å². The van der Waals surface area contributed by atoms with Gasteiger partial charge in [0, 0.05) is 38.2 Å². The number of hydrogen-bond acceptors (Lipinski definition) is 1. The molecule has 2 aromatic heterocycles. The van der Waals surface area contributed by atoms with Gasteiger partial charge in [-0.15, -0.1) is 0 Å². The first kappa shape index (κ1) is 28.0. The second kappa shape index (κ2) is 9.83. The van der Waals surface area contributed by atoms with Crippen LogP contribution in [0.4, 0.5) is 0 Å². The predicted molar refractivity (Wildman–Crippen MR) is 214 cm³/mol. The van der Waals surface area contributed by atoms with Crippen LogP contribution < -0.4 is 0 Å². The van der Waals surface area contributed by atoms with E-state index in [-0.39, 0.29) is 5.41 Å². The summed E-state index contributed by atoms with van der Waals surface area (Å²) in [6.07, 6.45) is 7.03. The van der Waals surface area contributed by atoms with Gasteiger partial charge in [-0.25, -0.2) is 0 Å². The van der Waals surface area contributed by atoms with Crippen molar-refractivity contribution in [2.45, 2.75) is 37.5 Å². The number of para-hydroxylation sites is 2. The SMILES string of the molecule is c1cc(-c2cccc3c2oc2ccccc23)cc(-n2c3cc4c(cc3c3c5ccccc5ccc32)-c2ccccc2C42C3CC4CC(C3)CC2C4)c1. The highest BCUT2D eigenvalue weighted by molar-refractivity contribution is 6.22. The highest BCUT2D eigenvalue weighted by Gasteiger charge is 2.61. The van der Waals surface area contributed by atoms with Crippen molar-refractivity contribution in [2.75, 3.05) is 0 Å². The molecule has 0 radical (unpaired) electrons. The van der Waals surface area contributed by atoms with Gasteiger partial charge < -0.3 is 8.98 Å². The quantitative estimate of drug-likeness (QED) is 0.179. The largest absolute Gasteiger partial charge is 0.455 e. The van der Waals surface area contributed by atoms with E-state index >= 15 is 0 Å². The average molecular weight is 668 g/mol. The van der Waals surface area contributed by atoms with Gasteiger partial charge in [0.25, 0.3) is 0 Å². The first-order chi connectivity index (χ1) is 25.7. The van der Waals surface area contributed by atoms with Gasteiger partial charge in [0.2, 0.25) is 0 Å². The lowest BCUT2D eigenvalue weighted by atomic mass is 9.43. The molecule has 2 heteroatoms. The first-order valence-electron chi connectivity index (χ1n) is 19.4. The maximum Gasteiger partial charge on any atom is 0.143 e. The molecule has 0 aliphatic heterocycles. The summed E-state index contributed by atoms with van der Waals surface area (Å²) in [5, 5.41) is 7.65. The smallest absolute Gasteiger partial charge is 0.143 e. The minimum atomic E-state index is 0.121. The summed E-state index contributed by atoms with van der Waals surface area (Å²) in [5.41, 5.74) is 14.3. The number of nitrogens with zero attached hydrogens (tertiary/aromatic N) is 1. The van der Waals surface area contributed by atoms with Crippen LogP contribution in [0.3, 0.4) is 0 Å². The molecule has 52 heavy (non-hydrogen) atoms. The zero-order chi connectivity index (χ0) is 33.7. The molecule has 4 saturated carbocycles. The summed E-state index contributed by atoms with van der Waals surface area (Å²) in [4.78, 5) is 0. The number of benzene rings is 7. The van der Waals surface area contributed by atoms with Crippen LogP contribution >= 0.6 is 0 Å². The lowest BCUT2D eigenvalue weighted by molar-refractivity contribution is -0.0399. The molecule has 5 aliphatic rings. The highest BCUT2D eigenvalue weighted by atomic mass is 16.3. The molecule has 2 heterocycles. The molecule has 0 N–H and O–H groups in total. The number of furan rings is 1. The monoisotopic (exact) mass is 667 g/mol. The Labute approximate surface area is 302 Å². The van der Waals surface area contributed by atoms with Crippen LogP contribution in [0.2, 0.25) is 0 Å². The molecule has 5 aliphatic carbocycles. The Morgan fingerprint density at radius 3 is 2.12 bits per heavy atom. The maximum atomic E-state index is 6.54. The lowest BCUT2D eigenvalue weighted by Gasteiger charge is -2.61. The Hall–Kier alpha value is -5.60. The van der Waals surface area contributed by atoms with Crippen molar-refractivity contribution in [1.82, 2.24) is 4.57 Å². The molecular weight excluding hydrogens is 631 g/mol. The van der Waals surface area contributed by atoms with Crippen molar-refractivity contribution >= 4 is 54.5 Å². The van der Waals surface area contributed by atoms with Gasteiger partial charge >= 0.3 is 0 Å². The molecule has 0 saturated heterocycles. The van der Waals surface area contributed by atoms with Crippen molar-refractivity contribution in [3.8, 4) is 27.9 Å². The summed E-state index contributed by atoms with van der Waals surface area (Å²) in [7, 11) is 0. The van der Waals surface area contributed by atoms with E-state index in [2.05, 4.69) is 144 Å². The molecule has 0 atom stereocenters. The van der Waals surface area contributed by atoms with Gasteiger partial charge in [-0.3, -0.25) is 0 Å². The molecule has 7 aromatic carbocycles. The average Bonchev–Trinajstić information content (AvgIpc) is 3.82. The summed E-state index contributed by atoms with van der Waals surface area (Å²) in [6, 6.07) is 52.5. The van der Waals surface area contributed by atoms with Crippen molar-refractivity contribution in [1.29, 1.82) is 0 Å². The number of aromatic nitrogens is 1. The third-order valence-corrected chi connectivity index (χ3v) is 14.1. The first-order valence-corrected chi connectivity index (χ1v) is 19.4. The Morgan fingerprint density at radius 2 is 1.23 bits per heavy atom. The van der Waals surface area contributed by atoms with E-state index in [9.17, 15) is 0 Å². The highest BCUT2D eigenvalue weighted by Crippen LogP contribution is 2.69. The van der Waals surface area contributed by atoms with Gasteiger partial charge in [-0.2, -0.15) is 0 Å². The van der Waals surface area contributed by atoms with Gasteiger partial charge in [0.15, 0.2) is 0 Å². The van der Waals surface area contributed by atoms with E-state index < -0.39 is 0 Å². The Bertz CT molecular complexity index is 2960. The van der Waals surface area contributed by atoms with Gasteiger partial charge in [0.1, 0.15) is 11.2 Å². The second-order valence-corrected chi connectivity index (χ2v) is 16.5. The van der Waals surface area contributed by atoms with Crippen LogP contribution in [0.15, 0.2) is 144 Å². The Balaban J connectivity index is 1.11. The Kier molecular flexibility index (Phi) is 5.30. The number of hydrogen-bond donors (Lipinski definition) is 0. The van der Waals surface area contributed by atoms with Gasteiger partial charge in [0.05, 0.1) is 11.0 Å². The third-order valence-electron chi connectivity index (χ3n) is 14.1. The van der Waals surface area contributed by atoms with E-state index in [1.165, 1.54) is 92.4 Å². The van der Waals surface area contributed by atoms with E-state index in [4.69, 9.17) is 4.42 Å². The minimum Gasteiger partial charge on any atom is -0.455 e. The molecule has 9 aromatic rings. The molecular formula is C50H37NO. The van der Waals surface area contributed by atoms with Crippen molar-refractivity contribution in [3.63, 3.8) is 0 Å². The molecule has 14 rings (SSSR count). The van der Waals surface area contributed by atoms with Crippen LogP contribution in [0.25, 0.3) is 82.5 Å². The number of fused-ring (bicyclic) bond motifs is 11. The third kappa shape index (κ3) is 3.42. The summed E-state index contributed by atoms with van der Waals surface area (Å²) < 4.78 is 9.12. The molecule has 1 spiro atoms. The van der Waals surface area contributed by atoms with E-state index in [0.717, 1.165) is 45.8 Å². The van der Waals surface area contributed by atoms with E-state index in [1.54, 1.807) is 11.1 Å². The summed E-state index contributed by atoms with van der Waals surface area (Å²) in [6.45, 7) is 0. The Morgan fingerprint density at radius 1 is 0.500 bits per heavy atom. The zero-order valence-corrected chi connectivity index (χ0v) is 29.0. The van der Waals surface area contributed by atoms with Crippen LogP contribution in [-0.2, 0) is 5.41 Å². The molecule has 2 nitrogen and oxygen atoms in total. The fraction of sp³-hybridized carbons (Fsp3) is 0.200. The number of rotatable bonds is 2. The molecule has 4 bridgehead atoms. The van der Waals surface area contributed by atoms with Crippen LogP contribution in [-0.4, -0.2) is 4.57 Å². The maximum absolute atomic E-state index is 6.54. The summed E-state index contributed by atoms with van der Waals surface area (Å²) in [5.74, 6) is 3.31. The van der Waals surface area contributed by atoms with Crippen molar-refractivity contribution < 1.29 is 4.42 Å². The minimum absolute atomic E-state index is 0.121. The lowest BCUT2D eigenvalue weighted by Crippen LogP contribution is -2.55. The van der Waals surface area contributed by atoms with Crippen molar-refractivity contribution in [3.05, 3.63) is 151 Å². The topological polar surface area (TPSA) is 18.1 Å². The zero-order valence-electron chi connectivity index (χ0n) is 29.0. The van der Waals surface area contributed by atoms with Crippen LogP contribution in [0.5, 0.6) is 0 Å². The standard InChI is InChI=1S/C50H37NO/c1-2-12-36-31(9-1)19-20-45-48(36)42-27-41-38-13-3-5-17-43(38)50(33-22-29-21-30(24-33)25-34(50)23-29)44(41)28-46(42)51(45)35-11-7-10-32(26-35)37-15-8-16-40-39-14-4-6-18-47(39)52-49(37)40/h1-20,26-30,33-34H,21-25H2. The van der Waals surface area contributed by atoms with E-state index in [1.807, 2.05) is 0 Å². The predicted octanol–water partition coefficient (Wildman–Crippen LogP) is 13.2. The molecule has 4 fully saturated rings. The van der Waals surface area contributed by atoms with Crippen LogP contribution in [0, 0.1) is 23.7 Å². The van der Waals surface area contributed by atoms with Crippen molar-refractivity contribution in [2.24, 2.45) is 23.7 Å². The second-order valence-electron chi connectivity index (χ2n) is 16.5. The fourth-order valence-corrected chi connectivity index (χ4v) is 12.5. The van der Waals surface area contributed by atoms with Crippen LogP contribution in [0.1, 0.15) is 43.2 Å². The molecule has 0 unspecified atom stereocenters. The van der Waals surface area contributed by atoms with E-state index in [0.29, 0.717) is 0 Å². The fourth-order valence-electron chi connectivity index (χ4n) is 12.5.